The first-order valence-corrected chi connectivity index (χ1v) is 7.76. The Balaban J connectivity index is 0.00000156. The summed E-state index contributed by atoms with van der Waals surface area (Å²) < 4.78 is 30.1. The van der Waals surface area contributed by atoms with Crippen LogP contribution in [-0.4, -0.2) is 23.8 Å². The van der Waals surface area contributed by atoms with Crippen LogP contribution < -0.4 is 5.32 Å². The van der Waals surface area contributed by atoms with E-state index in [1.54, 1.807) is 12.1 Å². The Morgan fingerprint density at radius 3 is 2.52 bits per heavy atom. The van der Waals surface area contributed by atoms with Crippen LogP contribution in [0.15, 0.2) is 36.4 Å². The highest BCUT2D eigenvalue weighted by atomic mass is 35.5. The van der Waals surface area contributed by atoms with Gasteiger partial charge in [-0.1, -0.05) is 11.6 Å². The van der Waals surface area contributed by atoms with Gasteiger partial charge in [-0.2, -0.15) is 0 Å². The van der Waals surface area contributed by atoms with Gasteiger partial charge in [-0.25, -0.2) is 8.78 Å². The molecule has 1 fully saturated rings. The molecule has 0 bridgehead atoms. The number of nitrogens with zero attached hydrogens (tertiary/aromatic N) is 1. The minimum absolute atomic E-state index is 0. The van der Waals surface area contributed by atoms with Gasteiger partial charge in [-0.05, 0) is 49.4 Å². The number of halogens is 4. The largest absolute Gasteiger partial charge is 0.334 e. The summed E-state index contributed by atoms with van der Waals surface area (Å²) in [5, 5.41) is 5.32. The van der Waals surface area contributed by atoms with Crippen LogP contribution in [0.3, 0.4) is 0 Å². The van der Waals surface area contributed by atoms with Gasteiger partial charge in [0.25, 0.3) is 0 Å². The van der Waals surface area contributed by atoms with Gasteiger partial charge < -0.3 is 9.88 Å². The first-order valence-electron chi connectivity index (χ1n) is 7.38. The second-order valence-electron chi connectivity index (χ2n) is 5.77. The van der Waals surface area contributed by atoms with Crippen molar-refractivity contribution in [2.75, 3.05) is 13.1 Å². The minimum Gasteiger partial charge on any atom is -0.334 e. The molecule has 1 N–H and O–H groups in total. The molecular formula is C17H16Cl2F2N2. The van der Waals surface area contributed by atoms with Crippen molar-refractivity contribution < 1.29 is 8.78 Å². The lowest BCUT2D eigenvalue weighted by Crippen LogP contribution is -2.39. The van der Waals surface area contributed by atoms with Gasteiger partial charge in [0.05, 0.1) is 6.04 Å². The quantitative estimate of drug-likeness (QED) is 0.657. The van der Waals surface area contributed by atoms with Crippen molar-refractivity contribution in [1.82, 2.24) is 9.88 Å². The zero-order valence-electron chi connectivity index (χ0n) is 12.2. The van der Waals surface area contributed by atoms with Crippen molar-refractivity contribution in [3.05, 3.63) is 47.2 Å². The number of rotatable bonds is 1. The van der Waals surface area contributed by atoms with Gasteiger partial charge in [0, 0.05) is 33.4 Å². The average Bonchev–Trinajstić information content (AvgIpc) is 2.81. The fourth-order valence-electron chi connectivity index (χ4n) is 3.45. The van der Waals surface area contributed by atoms with E-state index in [1.165, 1.54) is 12.1 Å². The molecule has 122 valence electrons. The summed E-state index contributed by atoms with van der Waals surface area (Å²) >= 11 is 6.10. The molecule has 2 nitrogen and oxygen atoms in total. The Labute approximate surface area is 143 Å². The Bertz CT molecular complexity index is 803. The normalized spacial score (nSPS) is 21.5. The van der Waals surface area contributed by atoms with Gasteiger partial charge in [0.1, 0.15) is 12.0 Å². The Morgan fingerprint density at radius 1 is 1.09 bits per heavy atom. The number of hydrogen-bond acceptors (Lipinski definition) is 1. The van der Waals surface area contributed by atoms with E-state index >= 15 is 0 Å². The monoisotopic (exact) mass is 356 g/mol. The van der Waals surface area contributed by atoms with Crippen molar-refractivity contribution in [2.45, 2.75) is 18.6 Å². The molecule has 0 unspecified atom stereocenters. The van der Waals surface area contributed by atoms with Crippen LogP contribution in [0.2, 0.25) is 5.02 Å². The Kier molecular flexibility index (Phi) is 4.50. The molecule has 4 rings (SSSR count). The lowest BCUT2D eigenvalue weighted by Gasteiger charge is -2.29. The molecule has 6 heteroatoms. The van der Waals surface area contributed by atoms with Crippen molar-refractivity contribution in [1.29, 1.82) is 0 Å². The highest BCUT2D eigenvalue weighted by Crippen LogP contribution is 2.36. The smallest absolute Gasteiger partial charge is 0.133 e. The number of benzene rings is 2. The van der Waals surface area contributed by atoms with Gasteiger partial charge in [-0.15, -0.1) is 12.4 Å². The van der Waals surface area contributed by atoms with Gasteiger partial charge in [0.2, 0.25) is 0 Å². The van der Waals surface area contributed by atoms with Gasteiger partial charge in [-0.3, -0.25) is 0 Å². The van der Waals surface area contributed by atoms with Crippen LogP contribution in [0.4, 0.5) is 8.78 Å². The fourth-order valence-corrected chi connectivity index (χ4v) is 3.62. The zero-order chi connectivity index (χ0) is 15.3. The summed E-state index contributed by atoms with van der Waals surface area (Å²) in [6.45, 7) is 1.13. The van der Waals surface area contributed by atoms with Crippen LogP contribution in [0, 0.1) is 5.82 Å². The van der Waals surface area contributed by atoms with E-state index in [9.17, 15) is 8.78 Å². The molecule has 1 saturated heterocycles. The molecule has 0 amide bonds. The van der Waals surface area contributed by atoms with E-state index in [-0.39, 0.29) is 24.3 Å². The van der Waals surface area contributed by atoms with Crippen LogP contribution >= 0.6 is 24.0 Å². The third-order valence-corrected chi connectivity index (χ3v) is 4.67. The predicted octanol–water partition coefficient (Wildman–Crippen LogP) is 4.88. The first kappa shape index (κ1) is 16.5. The minimum atomic E-state index is -0.965. The fraction of sp³-hybridized carbons (Fsp3) is 0.294. The number of hydrogen-bond donors (Lipinski definition) is 1. The second kappa shape index (κ2) is 6.27. The topological polar surface area (TPSA) is 17.0 Å². The number of piperidine rings is 1. The van der Waals surface area contributed by atoms with E-state index in [1.807, 2.05) is 16.7 Å². The van der Waals surface area contributed by atoms with Crippen LogP contribution in [-0.2, 0) is 0 Å². The Morgan fingerprint density at radius 2 is 1.78 bits per heavy atom. The SMILES string of the molecule is Cl.Fc1ccc2c(c1)c1cc(Cl)ccc1n2[C@@H]1CCNC[C@@H]1F. The number of nitrogens with one attached hydrogen (secondary N) is 1. The molecule has 1 aliphatic heterocycles. The van der Waals surface area contributed by atoms with E-state index in [2.05, 4.69) is 5.32 Å². The molecule has 2 atom stereocenters. The number of fused-ring (bicyclic) bond motifs is 3. The summed E-state index contributed by atoms with van der Waals surface area (Å²) in [4.78, 5) is 0. The molecule has 0 spiro atoms. The molecule has 2 heterocycles. The molecule has 2 aromatic carbocycles. The van der Waals surface area contributed by atoms with Crippen LogP contribution in [0.1, 0.15) is 12.5 Å². The van der Waals surface area contributed by atoms with Crippen molar-refractivity contribution in [2.24, 2.45) is 0 Å². The van der Waals surface area contributed by atoms with E-state index in [0.29, 0.717) is 18.0 Å². The van der Waals surface area contributed by atoms with Crippen molar-refractivity contribution in [3.8, 4) is 0 Å². The first-order chi connectivity index (χ1) is 10.6. The van der Waals surface area contributed by atoms with Gasteiger partial charge in [0.15, 0.2) is 0 Å². The summed E-state index contributed by atoms with van der Waals surface area (Å²) in [5.74, 6) is -0.298. The third-order valence-electron chi connectivity index (χ3n) is 4.43. The maximum Gasteiger partial charge on any atom is 0.133 e. The van der Waals surface area contributed by atoms with Crippen LogP contribution in [0.5, 0.6) is 0 Å². The van der Waals surface area contributed by atoms with E-state index < -0.39 is 6.17 Å². The second-order valence-corrected chi connectivity index (χ2v) is 6.21. The zero-order valence-corrected chi connectivity index (χ0v) is 13.8. The van der Waals surface area contributed by atoms with E-state index in [4.69, 9.17) is 11.6 Å². The lowest BCUT2D eigenvalue weighted by atomic mass is 10.0. The molecule has 0 saturated carbocycles. The summed E-state index contributed by atoms with van der Waals surface area (Å²) in [6, 6.07) is 9.92. The molecule has 3 aromatic rings. The molecule has 1 aliphatic rings. The maximum atomic E-state index is 14.4. The molecule has 0 radical (unpaired) electrons. The molecular weight excluding hydrogens is 341 g/mol. The average molecular weight is 357 g/mol. The number of aromatic nitrogens is 1. The predicted molar refractivity (Wildman–Crippen MR) is 93.1 cm³/mol. The third kappa shape index (κ3) is 2.69. The molecule has 23 heavy (non-hydrogen) atoms. The Hall–Kier alpha value is -1.36. The van der Waals surface area contributed by atoms with E-state index in [0.717, 1.165) is 28.4 Å². The summed E-state index contributed by atoms with van der Waals surface area (Å²) in [7, 11) is 0. The number of alkyl halides is 1. The van der Waals surface area contributed by atoms with Crippen molar-refractivity contribution in [3.63, 3.8) is 0 Å². The van der Waals surface area contributed by atoms with Crippen molar-refractivity contribution >= 4 is 45.8 Å². The highest BCUT2D eigenvalue weighted by molar-refractivity contribution is 6.31. The molecule has 0 aliphatic carbocycles. The maximum absolute atomic E-state index is 14.4. The molecule has 1 aromatic heterocycles. The highest BCUT2D eigenvalue weighted by Gasteiger charge is 2.28. The lowest BCUT2D eigenvalue weighted by molar-refractivity contribution is 0.190. The summed E-state index contributed by atoms with van der Waals surface area (Å²) in [6.07, 6.45) is -0.256. The van der Waals surface area contributed by atoms with Crippen LogP contribution in [0.25, 0.3) is 21.8 Å². The standard InChI is InChI=1S/C17H15ClF2N2.ClH/c18-10-1-3-15-12(7-10)13-8-11(19)2-4-16(13)22(15)17-5-6-21-9-14(17)20;/h1-4,7-8,14,17,21H,5-6,9H2;1H/t14-,17+;/m0./s1. The summed E-state index contributed by atoms with van der Waals surface area (Å²) in [5.41, 5.74) is 1.76. The van der Waals surface area contributed by atoms with Gasteiger partial charge >= 0.3 is 0 Å².